The Balaban J connectivity index is 1.84. The summed E-state index contributed by atoms with van der Waals surface area (Å²) in [6, 6.07) is 0.452. The molecule has 0 saturated carbocycles. The van der Waals surface area contributed by atoms with E-state index in [-0.39, 0.29) is 0 Å². The van der Waals surface area contributed by atoms with Crippen LogP contribution >= 0.6 is 0 Å². The molecule has 3 rings (SSSR count). The zero-order chi connectivity index (χ0) is 9.97. The predicted octanol–water partition coefficient (Wildman–Crippen LogP) is 0.268. The molecule has 4 heteroatoms. The van der Waals surface area contributed by atoms with Gasteiger partial charge in [-0.25, -0.2) is 4.79 Å². The van der Waals surface area contributed by atoms with Crippen molar-refractivity contribution < 1.29 is 9.90 Å². The summed E-state index contributed by atoms with van der Waals surface area (Å²) in [7, 11) is 0. The highest BCUT2D eigenvalue weighted by Gasteiger charge is 2.33. The van der Waals surface area contributed by atoms with Gasteiger partial charge in [0.25, 0.3) is 0 Å². The summed E-state index contributed by atoms with van der Waals surface area (Å²) in [5, 5.41) is 11.6. The fourth-order valence-corrected chi connectivity index (χ4v) is 2.40. The molecule has 14 heavy (non-hydrogen) atoms. The topological polar surface area (TPSA) is 52.6 Å². The van der Waals surface area contributed by atoms with Crippen LogP contribution in [0.1, 0.15) is 12.8 Å². The standard InChI is InChI=1S/C10H16N2O2/c13-10(14)1-4-11-9-7-12-5-2-8(9)3-6-12/h1,4,8-9,11H,2-3,5-7H2,(H,13,14)/b4-1+. The molecule has 1 unspecified atom stereocenters. The first kappa shape index (κ1) is 9.52. The third-order valence-electron chi connectivity index (χ3n) is 3.19. The summed E-state index contributed by atoms with van der Waals surface area (Å²) in [5.74, 6) is -0.155. The van der Waals surface area contributed by atoms with Crippen LogP contribution in [0, 0.1) is 5.92 Å². The third kappa shape index (κ3) is 2.07. The van der Waals surface area contributed by atoms with Crippen LogP contribution in [0.3, 0.4) is 0 Å². The largest absolute Gasteiger partial charge is 0.478 e. The minimum absolute atomic E-state index is 0.452. The highest BCUT2D eigenvalue weighted by molar-refractivity contribution is 5.79. The van der Waals surface area contributed by atoms with Crippen molar-refractivity contribution >= 4 is 5.97 Å². The molecule has 0 aromatic heterocycles. The molecule has 0 aromatic rings. The lowest BCUT2D eigenvalue weighted by atomic mass is 9.84. The van der Waals surface area contributed by atoms with Crippen LogP contribution in [-0.4, -0.2) is 41.7 Å². The van der Waals surface area contributed by atoms with Crippen LogP contribution in [-0.2, 0) is 4.79 Å². The smallest absolute Gasteiger partial charge is 0.329 e. The first-order valence-corrected chi connectivity index (χ1v) is 5.13. The van der Waals surface area contributed by atoms with E-state index in [2.05, 4.69) is 10.2 Å². The van der Waals surface area contributed by atoms with E-state index < -0.39 is 5.97 Å². The van der Waals surface area contributed by atoms with Crippen LogP contribution < -0.4 is 5.32 Å². The van der Waals surface area contributed by atoms with Crippen molar-refractivity contribution in [3.05, 3.63) is 12.3 Å². The van der Waals surface area contributed by atoms with Crippen LogP contribution in [0.2, 0.25) is 0 Å². The van der Waals surface area contributed by atoms with Gasteiger partial charge in [0, 0.05) is 24.9 Å². The van der Waals surface area contributed by atoms with Crippen molar-refractivity contribution in [1.29, 1.82) is 0 Å². The van der Waals surface area contributed by atoms with Gasteiger partial charge in [0.1, 0.15) is 0 Å². The summed E-state index contributed by atoms with van der Waals surface area (Å²) < 4.78 is 0. The van der Waals surface area contributed by atoms with Gasteiger partial charge in [0.05, 0.1) is 0 Å². The predicted molar refractivity (Wildman–Crippen MR) is 52.9 cm³/mol. The van der Waals surface area contributed by atoms with Gasteiger partial charge in [-0.3, -0.25) is 0 Å². The molecule has 0 aliphatic carbocycles. The SMILES string of the molecule is O=C(O)/C=C/NC1CN2CCC1CC2. The van der Waals surface area contributed by atoms with Crippen molar-refractivity contribution in [1.82, 2.24) is 10.2 Å². The van der Waals surface area contributed by atoms with Gasteiger partial charge < -0.3 is 15.3 Å². The average Bonchev–Trinajstić information content (AvgIpc) is 2.19. The molecule has 3 fully saturated rings. The fourth-order valence-electron chi connectivity index (χ4n) is 2.40. The average molecular weight is 196 g/mol. The Morgan fingerprint density at radius 2 is 2.14 bits per heavy atom. The third-order valence-corrected chi connectivity index (χ3v) is 3.19. The van der Waals surface area contributed by atoms with Crippen molar-refractivity contribution in [3.8, 4) is 0 Å². The van der Waals surface area contributed by atoms with Crippen LogP contribution in [0.4, 0.5) is 0 Å². The van der Waals surface area contributed by atoms with Gasteiger partial charge in [0.2, 0.25) is 0 Å². The van der Waals surface area contributed by atoms with Gasteiger partial charge >= 0.3 is 5.97 Å². The van der Waals surface area contributed by atoms with Gasteiger partial charge in [0.15, 0.2) is 0 Å². The van der Waals surface area contributed by atoms with Crippen molar-refractivity contribution in [2.75, 3.05) is 19.6 Å². The van der Waals surface area contributed by atoms with E-state index in [0.717, 1.165) is 18.5 Å². The molecule has 2 N–H and O–H groups in total. The van der Waals surface area contributed by atoms with Gasteiger partial charge in [-0.1, -0.05) is 0 Å². The lowest BCUT2D eigenvalue weighted by Crippen LogP contribution is -2.54. The van der Waals surface area contributed by atoms with Crippen molar-refractivity contribution in [3.63, 3.8) is 0 Å². The molecule has 78 valence electrons. The fraction of sp³-hybridized carbons (Fsp3) is 0.700. The molecule has 0 aromatic carbocycles. The first-order chi connectivity index (χ1) is 6.75. The molecule has 3 aliphatic rings. The molecule has 4 nitrogen and oxygen atoms in total. The lowest BCUT2D eigenvalue weighted by molar-refractivity contribution is -0.131. The summed E-state index contributed by atoms with van der Waals surface area (Å²) in [5.41, 5.74) is 0. The first-order valence-electron chi connectivity index (χ1n) is 5.13. The zero-order valence-corrected chi connectivity index (χ0v) is 8.15. The van der Waals surface area contributed by atoms with Gasteiger partial charge in [-0.05, 0) is 31.8 Å². The second-order valence-corrected chi connectivity index (χ2v) is 4.08. The lowest BCUT2D eigenvalue weighted by Gasteiger charge is -2.44. The number of carboxylic acids is 1. The number of carbonyl (C=O) groups is 1. The second kappa shape index (κ2) is 4.00. The monoisotopic (exact) mass is 196 g/mol. The highest BCUT2D eigenvalue weighted by Crippen LogP contribution is 2.27. The molecule has 1 atom stereocenters. The van der Waals surface area contributed by atoms with E-state index >= 15 is 0 Å². The summed E-state index contributed by atoms with van der Waals surface area (Å²) in [4.78, 5) is 12.7. The Labute approximate surface area is 83.6 Å². The maximum Gasteiger partial charge on any atom is 0.329 e. The Hall–Kier alpha value is -1.03. The number of nitrogens with one attached hydrogen (secondary N) is 1. The molecular weight excluding hydrogens is 180 g/mol. The zero-order valence-electron chi connectivity index (χ0n) is 8.15. The molecular formula is C10H16N2O2. The molecule has 0 radical (unpaired) electrons. The normalized spacial score (nSPS) is 36.1. The Morgan fingerprint density at radius 1 is 1.43 bits per heavy atom. The maximum absolute atomic E-state index is 10.3. The molecule has 0 amide bonds. The Kier molecular flexibility index (Phi) is 2.72. The Bertz CT molecular complexity index is 245. The van der Waals surface area contributed by atoms with E-state index in [1.165, 1.54) is 25.9 Å². The van der Waals surface area contributed by atoms with E-state index in [1.807, 2.05) is 0 Å². The molecule has 3 heterocycles. The van der Waals surface area contributed by atoms with Gasteiger partial charge in [-0.2, -0.15) is 0 Å². The van der Waals surface area contributed by atoms with Crippen LogP contribution in [0.15, 0.2) is 12.3 Å². The van der Waals surface area contributed by atoms with E-state index in [0.29, 0.717) is 6.04 Å². The number of carboxylic acid groups (broad SMARTS) is 1. The van der Waals surface area contributed by atoms with Crippen LogP contribution in [0.25, 0.3) is 0 Å². The number of hydrogen-bond acceptors (Lipinski definition) is 3. The number of fused-ring (bicyclic) bond motifs is 3. The van der Waals surface area contributed by atoms with E-state index in [4.69, 9.17) is 5.11 Å². The molecule has 3 aliphatic heterocycles. The van der Waals surface area contributed by atoms with Crippen molar-refractivity contribution in [2.45, 2.75) is 18.9 Å². The molecule has 0 spiro atoms. The van der Waals surface area contributed by atoms with E-state index in [9.17, 15) is 4.79 Å². The van der Waals surface area contributed by atoms with Crippen molar-refractivity contribution in [2.24, 2.45) is 5.92 Å². The molecule has 3 saturated heterocycles. The number of piperidine rings is 3. The summed E-state index contributed by atoms with van der Waals surface area (Å²) in [6.07, 6.45) is 5.23. The van der Waals surface area contributed by atoms with Gasteiger partial charge in [-0.15, -0.1) is 0 Å². The number of nitrogens with zero attached hydrogens (tertiary/aromatic N) is 1. The highest BCUT2D eigenvalue weighted by atomic mass is 16.4. The minimum Gasteiger partial charge on any atom is -0.478 e. The second-order valence-electron chi connectivity index (χ2n) is 4.08. The van der Waals surface area contributed by atoms with E-state index in [1.54, 1.807) is 6.20 Å². The minimum atomic E-state index is -0.890. The summed E-state index contributed by atoms with van der Waals surface area (Å²) in [6.45, 7) is 3.49. The number of aliphatic carboxylic acids is 1. The number of hydrogen-bond donors (Lipinski definition) is 2. The Morgan fingerprint density at radius 3 is 2.64 bits per heavy atom. The van der Waals surface area contributed by atoms with Crippen LogP contribution in [0.5, 0.6) is 0 Å². The maximum atomic E-state index is 10.3. The summed E-state index contributed by atoms with van der Waals surface area (Å²) >= 11 is 0. The number of rotatable bonds is 3. The molecule has 2 bridgehead atoms. The quantitative estimate of drug-likeness (QED) is 0.636.